The van der Waals surface area contributed by atoms with Crippen LogP contribution < -0.4 is 0 Å². The summed E-state index contributed by atoms with van der Waals surface area (Å²) in [5.74, 6) is 0.360. The van der Waals surface area contributed by atoms with E-state index in [0.717, 1.165) is 13.1 Å². The van der Waals surface area contributed by atoms with Gasteiger partial charge in [0.25, 0.3) is 5.91 Å². The maximum absolute atomic E-state index is 12.3. The number of hydrogen-bond donors (Lipinski definition) is 2. The number of likely N-dealkylation sites (N-methyl/N-ethyl adjacent to an activating group) is 1. The summed E-state index contributed by atoms with van der Waals surface area (Å²) in [5.41, 5.74) is 0.500. The fraction of sp³-hybridized carbons (Fsp3) is 0.714. The summed E-state index contributed by atoms with van der Waals surface area (Å²) in [5, 5.41) is 16.1. The molecule has 2 atom stereocenters. The van der Waals surface area contributed by atoms with Gasteiger partial charge >= 0.3 is 0 Å². The molecule has 118 valence electrons. The number of aliphatic hydroxyl groups excluding tert-OH is 1. The maximum atomic E-state index is 12.3. The Hall–Kier alpha value is -1.44. The Kier molecular flexibility index (Phi) is 5.72. The summed E-state index contributed by atoms with van der Waals surface area (Å²) in [6, 6.07) is 1.67. The van der Waals surface area contributed by atoms with E-state index >= 15 is 0 Å². The molecule has 21 heavy (non-hydrogen) atoms. The Bertz CT molecular complexity index is 437. The number of rotatable bonds is 7. The first-order valence-corrected chi connectivity index (χ1v) is 7.22. The van der Waals surface area contributed by atoms with E-state index in [1.807, 2.05) is 7.05 Å². The smallest absolute Gasteiger partial charge is 0.271 e. The number of amides is 1. The van der Waals surface area contributed by atoms with Crippen LogP contribution >= 0.6 is 0 Å². The second-order valence-corrected chi connectivity index (χ2v) is 5.64. The molecule has 1 aromatic heterocycles. The van der Waals surface area contributed by atoms with E-state index in [4.69, 9.17) is 4.74 Å². The Morgan fingerprint density at radius 2 is 2.33 bits per heavy atom. The second kappa shape index (κ2) is 7.53. The number of aromatic amines is 1. The van der Waals surface area contributed by atoms with Crippen LogP contribution in [0.4, 0.5) is 0 Å². The number of ether oxygens (including phenoxy) is 1. The molecule has 7 heteroatoms. The first-order valence-electron chi connectivity index (χ1n) is 7.22. The quantitative estimate of drug-likeness (QED) is 0.720. The summed E-state index contributed by atoms with van der Waals surface area (Å²) >= 11 is 0. The van der Waals surface area contributed by atoms with Gasteiger partial charge in [-0.05, 0) is 19.0 Å². The average Bonchev–Trinajstić information content (AvgIpc) is 3.13. The molecule has 0 spiro atoms. The molecule has 1 aromatic rings. The van der Waals surface area contributed by atoms with Crippen molar-refractivity contribution in [2.24, 2.45) is 11.8 Å². The van der Waals surface area contributed by atoms with Crippen LogP contribution in [0, 0.1) is 11.8 Å². The van der Waals surface area contributed by atoms with Gasteiger partial charge in [0.1, 0.15) is 5.69 Å². The first-order chi connectivity index (χ1) is 10.2. The number of nitrogens with one attached hydrogen (secondary N) is 1. The Labute approximate surface area is 124 Å². The molecule has 2 unspecified atom stereocenters. The van der Waals surface area contributed by atoms with Crippen LogP contribution in [-0.4, -0.2) is 84.6 Å². The van der Waals surface area contributed by atoms with Gasteiger partial charge in [0.05, 0.1) is 6.61 Å². The molecule has 1 amide bonds. The zero-order valence-electron chi connectivity index (χ0n) is 12.7. The van der Waals surface area contributed by atoms with Crippen LogP contribution in [0.25, 0.3) is 0 Å². The third kappa shape index (κ3) is 4.03. The summed E-state index contributed by atoms with van der Waals surface area (Å²) in [6.07, 6.45) is 1.57. The predicted octanol–water partition coefficient (Wildman–Crippen LogP) is -0.332. The van der Waals surface area contributed by atoms with Gasteiger partial charge in [-0.15, -0.1) is 0 Å². The van der Waals surface area contributed by atoms with E-state index in [0.29, 0.717) is 25.4 Å². The molecule has 1 aliphatic rings. The zero-order chi connectivity index (χ0) is 15.2. The Morgan fingerprint density at radius 3 is 2.95 bits per heavy atom. The molecule has 1 saturated heterocycles. The Balaban J connectivity index is 1.92. The van der Waals surface area contributed by atoms with Gasteiger partial charge < -0.3 is 19.6 Å². The highest BCUT2D eigenvalue weighted by Gasteiger charge is 2.35. The summed E-state index contributed by atoms with van der Waals surface area (Å²) in [7, 11) is 3.72. The van der Waals surface area contributed by atoms with Crippen LogP contribution in [0.2, 0.25) is 0 Å². The summed E-state index contributed by atoms with van der Waals surface area (Å²) in [6.45, 7) is 3.75. The van der Waals surface area contributed by atoms with Crippen molar-refractivity contribution in [3.8, 4) is 0 Å². The normalized spacial score (nSPS) is 22.2. The third-order valence-electron chi connectivity index (χ3n) is 4.05. The van der Waals surface area contributed by atoms with Gasteiger partial charge in [0.15, 0.2) is 0 Å². The summed E-state index contributed by atoms with van der Waals surface area (Å²) in [4.78, 5) is 16.3. The van der Waals surface area contributed by atoms with E-state index in [1.165, 1.54) is 0 Å². The number of hydrogen-bond acceptors (Lipinski definition) is 5. The van der Waals surface area contributed by atoms with Crippen LogP contribution in [0.15, 0.2) is 12.3 Å². The minimum atomic E-state index is -0.0482. The van der Waals surface area contributed by atoms with Crippen molar-refractivity contribution in [3.63, 3.8) is 0 Å². The van der Waals surface area contributed by atoms with E-state index < -0.39 is 0 Å². The van der Waals surface area contributed by atoms with Crippen LogP contribution in [-0.2, 0) is 4.74 Å². The Morgan fingerprint density at radius 1 is 1.57 bits per heavy atom. The van der Waals surface area contributed by atoms with Crippen molar-refractivity contribution in [3.05, 3.63) is 18.0 Å². The van der Waals surface area contributed by atoms with Gasteiger partial charge in [0.2, 0.25) is 0 Å². The zero-order valence-corrected chi connectivity index (χ0v) is 12.7. The maximum Gasteiger partial charge on any atom is 0.271 e. The van der Waals surface area contributed by atoms with Gasteiger partial charge in [-0.2, -0.15) is 5.10 Å². The van der Waals surface area contributed by atoms with E-state index in [-0.39, 0.29) is 24.3 Å². The molecule has 0 aromatic carbocycles. The largest absolute Gasteiger partial charge is 0.396 e. The van der Waals surface area contributed by atoms with E-state index in [9.17, 15) is 9.90 Å². The van der Waals surface area contributed by atoms with Crippen molar-refractivity contribution in [1.29, 1.82) is 0 Å². The minimum Gasteiger partial charge on any atom is -0.396 e. The van der Waals surface area contributed by atoms with Crippen molar-refractivity contribution in [2.45, 2.75) is 0 Å². The standard InChI is InChI=1S/C14H24N4O3/c1-17(5-6-21-2)7-11-8-18(9-12(11)10-19)14(20)13-3-4-15-16-13/h3-4,11-12,19H,5-10H2,1-2H3,(H,15,16). The first kappa shape index (κ1) is 15.9. The molecule has 1 aliphatic heterocycles. The van der Waals surface area contributed by atoms with E-state index in [1.54, 1.807) is 24.3 Å². The average molecular weight is 296 g/mol. The lowest BCUT2D eigenvalue weighted by Crippen LogP contribution is -2.33. The van der Waals surface area contributed by atoms with Crippen molar-refractivity contribution >= 4 is 5.91 Å². The number of carbonyl (C=O) groups excluding carboxylic acids is 1. The number of H-pyrrole nitrogens is 1. The third-order valence-corrected chi connectivity index (χ3v) is 4.05. The minimum absolute atomic E-state index is 0.0482. The second-order valence-electron chi connectivity index (χ2n) is 5.64. The lowest BCUT2D eigenvalue weighted by atomic mass is 9.96. The molecule has 2 N–H and O–H groups in total. The molecular weight excluding hydrogens is 272 g/mol. The molecule has 0 saturated carbocycles. The van der Waals surface area contributed by atoms with Crippen molar-refractivity contribution in [2.75, 3.05) is 53.6 Å². The van der Waals surface area contributed by atoms with Gasteiger partial charge in [-0.25, -0.2) is 0 Å². The van der Waals surface area contributed by atoms with Gasteiger partial charge in [-0.1, -0.05) is 0 Å². The van der Waals surface area contributed by atoms with Crippen LogP contribution in [0.1, 0.15) is 10.5 Å². The number of methoxy groups -OCH3 is 1. The molecular formula is C14H24N4O3. The molecule has 0 aliphatic carbocycles. The number of aliphatic hydroxyl groups is 1. The molecule has 0 radical (unpaired) electrons. The number of likely N-dealkylation sites (tertiary alicyclic amines) is 1. The lowest BCUT2D eigenvalue weighted by Gasteiger charge is -2.23. The lowest BCUT2D eigenvalue weighted by molar-refractivity contribution is 0.0773. The highest BCUT2D eigenvalue weighted by molar-refractivity contribution is 5.92. The van der Waals surface area contributed by atoms with Crippen molar-refractivity contribution < 1.29 is 14.6 Å². The fourth-order valence-corrected chi connectivity index (χ4v) is 2.80. The summed E-state index contributed by atoms with van der Waals surface area (Å²) < 4.78 is 5.07. The molecule has 2 heterocycles. The molecule has 0 bridgehead atoms. The van der Waals surface area contributed by atoms with Gasteiger partial charge in [-0.3, -0.25) is 9.89 Å². The highest BCUT2D eigenvalue weighted by Crippen LogP contribution is 2.25. The predicted molar refractivity (Wildman–Crippen MR) is 77.9 cm³/mol. The monoisotopic (exact) mass is 296 g/mol. The molecule has 1 fully saturated rings. The topological polar surface area (TPSA) is 81.7 Å². The van der Waals surface area contributed by atoms with Crippen molar-refractivity contribution in [1.82, 2.24) is 20.0 Å². The van der Waals surface area contributed by atoms with Crippen LogP contribution in [0.3, 0.4) is 0 Å². The highest BCUT2D eigenvalue weighted by atomic mass is 16.5. The van der Waals surface area contributed by atoms with Gasteiger partial charge in [0, 0.05) is 52.0 Å². The van der Waals surface area contributed by atoms with Crippen LogP contribution in [0.5, 0.6) is 0 Å². The van der Waals surface area contributed by atoms with E-state index in [2.05, 4.69) is 15.1 Å². The number of aromatic nitrogens is 2. The fourth-order valence-electron chi connectivity index (χ4n) is 2.80. The molecule has 7 nitrogen and oxygen atoms in total. The number of carbonyl (C=O) groups is 1. The SMILES string of the molecule is COCCN(C)CC1CN(C(=O)c2ccn[nH]2)CC1CO. The molecule has 2 rings (SSSR count). The number of nitrogens with zero attached hydrogens (tertiary/aromatic N) is 3.